The molecule has 0 fully saturated rings. The largest absolute Gasteiger partial charge is 0.454 e. The molecule has 3 atom stereocenters. The SMILES string of the molecule is CC(C)CN(C[C@@H](O)[C@H](Cc1ccccc1)N(Cc1ccccc1)C(=O)[C@@H](N)Cc1cnc[nH]1)S(=O)(=O)c1ccc2c(c1)OCO2. The van der Waals surface area contributed by atoms with Crippen molar-refractivity contribution in [1.82, 2.24) is 19.2 Å². The summed E-state index contributed by atoms with van der Waals surface area (Å²) in [5.41, 5.74) is 8.94. The van der Waals surface area contributed by atoms with Crippen molar-refractivity contribution in [1.29, 1.82) is 0 Å². The van der Waals surface area contributed by atoms with Crippen LogP contribution in [-0.4, -0.2) is 76.7 Å². The van der Waals surface area contributed by atoms with E-state index >= 15 is 0 Å². The zero-order chi connectivity index (χ0) is 32.7. The lowest BCUT2D eigenvalue weighted by molar-refractivity contribution is -0.138. The maximum absolute atomic E-state index is 14.2. The minimum Gasteiger partial charge on any atom is -0.454 e. The maximum Gasteiger partial charge on any atom is 0.243 e. The van der Waals surface area contributed by atoms with Gasteiger partial charge < -0.3 is 30.2 Å². The Labute approximate surface area is 270 Å². The quantitative estimate of drug-likeness (QED) is 0.178. The number of carbonyl (C=O) groups excluding carboxylic acids is 1. The van der Waals surface area contributed by atoms with Crippen molar-refractivity contribution < 1.29 is 27.8 Å². The summed E-state index contributed by atoms with van der Waals surface area (Å²) in [5, 5.41) is 12.1. The zero-order valence-electron chi connectivity index (χ0n) is 26.0. The molecular formula is C34H41N5O6S. The van der Waals surface area contributed by atoms with Gasteiger partial charge in [0.15, 0.2) is 11.5 Å². The first-order chi connectivity index (χ1) is 22.1. The predicted octanol–water partition coefficient (Wildman–Crippen LogP) is 3.36. The number of aromatic amines is 1. The van der Waals surface area contributed by atoms with Crippen LogP contribution in [0.4, 0.5) is 0 Å². The molecule has 5 rings (SSSR count). The highest BCUT2D eigenvalue weighted by Gasteiger charge is 2.37. The second kappa shape index (κ2) is 14.9. The van der Waals surface area contributed by atoms with Crippen molar-refractivity contribution >= 4 is 15.9 Å². The van der Waals surface area contributed by atoms with E-state index in [0.717, 1.165) is 11.1 Å². The number of fused-ring (bicyclic) bond motifs is 1. The van der Waals surface area contributed by atoms with Gasteiger partial charge in [-0.1, -0.05) is 74.5 Å². The minimum atomic E-state index is -4.08. The van der Waals surface area contributed by atoms with Crippen molar-refractivity contribution in [3.05, 3.63) is 108 Å². The summed E-state index contributed by atoms with van der Waals surface area (Å²) >= 11 is 0. The van der Waals surface area contributed by atoms with Gasteiger partial charge in [-0.25, -0.2) is 13.4 Å². The fourth-order valence-corrected chi connectivity index (χ4v) is 7.21. The second-order valence-electron chi connectivity index (χ2n) is 11.9. The van der Waals surface area contributed by atoms with Crippen LogP contribution in [0, 0.1) is 5.92 Å². The number of nitrogens with two attached hydrogens (primary N) is 1. The van der Waals surface area contributed by atoms with E-state index in [9.17, 15) is 18.3 Å². The number of hydrogen-bond acceptors (Lipinski definition) is 8. The number of rotatable bonds is 15. The number of nitrogens with zero attached hydrogens (tertiary/aromatic N) is 3. The van der Waals surface area contributed by atoms with E-state index in [0.29, 0.717) is 17.2 Å². The molecule has 0 bridgehead atoms. The Kier molecular flexibility index (Phi) is 10.7. The van der Waals surface area contributed by atoms with E-state index in [1.54, 1.807) is 17.2 Å². The van der Waals surface area contributed by atoms with Gasteiger partial charge >= 0.3 is 0 Å². The number of benzene rings is 3. The molecule has 244 valence electrons. The molecule has 1 aliphatic rings. The topological polar surface area (TPSA) is 151 Å². The summed E-state index contributed by atoms with van der Waals surface area (Å²) < 4.78 is 40.2. The van der Waals surface area contributed by atoms with Gasteiger partial charge in [-0.15, -0.1) is 0 Å². The molecule has 0 unspecified atom stereocenters. The standard InChI is InChI=1S/C34H41N5O6S/c1-24(2)19-38(46(42,43)28-13-14-32-33(17-28)45-23-44-32)21-31(40)30(15-25-9-5-3-6-10-25)39(20-26-11-7-4-8-12-26)34(41)29(35)16-27-18-36-22-37-27/h3-14,17-18,22,24,29-31,40H,15-16,19-21,23,35H2,1-2H3,(H,36,37)/t29-,30-,31+/m0/s1. The lowest BCUT2D eigenvalue weighted by atomic mass is 9.97. The number of aliphatic hydroxyl groups excluding tert-OH is 1. The number of H-pyrrole nitrogens is 1. The van der Waals surface area contributed by atoms with Gasteiger partial charge in [0.1, 0.15) is 0 Å². The monoisotopic (exact) mass is 647 g/mol. The number of amides is 1. The molecule has 1 aliphatic heterocycles. The van der Waals surface area contributed by atoms with Crippen LogP contribution in [0.15, 0.2) is 96.3 Å². The van der Waals surface area contributed by atoms with E-state index < -0.39 is 28.2 Å². The Bertz CT molecular complexity index is 1670. The van der Waals surface area contributed by atoms with Crippen LogP contribution in [0.3, 0.4) is 0 Å². The Morgan fingerprint density at radius 1 is 0.957 bits per heavy atom. The van der Waals surface area contributed by atoms with Crippen LogP contribution in [0.25, 0.3) is 0 Å². The van der Waals surface area contributed by atoms with Crippen LogP contribution >= 0.6 is 0 Å². The molecule has 0 spiro atoms. The molecule has 3 aromatic carbocycles. The highest BCUT2D eigenvalue weighted by molar-refractivity contribution is 7.89. The Hall–Kier alpha value is -4.23. The molecule has 0 saturated carbocycles. The fraction of sp³-hybridized carbons (Fsp3) is 0.353. The van der Waals surface area contributed by atoms with Gasteiger partial charge in [0.25, 0.3) is 0 Å². The number of aromatic nitrogens is 2. The lowest BCUT2D eigenvalue weighted by Gasteiger charge is -2.38. The van der Waals surface area contributed by atoms with Crippen LogP contribution < -0.4 is 15.2 Å². The van der Waals surface area contributed by atoms with Gasteiger partial charge in [0.2, 0.25) is 22.7 Å². The first-order valence-corrected chi connectivity index (χ1v) is 16.7. The first-order valence-electron chi connectivity index (χ1n) is 15.3. The number of carbonyl (C=O) groups is 1. The van der Waals surface area contributed by atoms with Crippen molar-refractivity contribution in [2.75, 3.05) is 19.9 Å². The summed E-state index contributed by atoms with van der Waals surface area (Å²) in [7, 11) is -4.08. The van der Waals surface area contributed by atoms with Crippen LogP contribution in [0.2, 0.25) is 0 Å². The van der Waals surface area contributed by atoms with E-state index in [4.69, 9.17) is 15.2 Å². The van der Waals surface area contributed by atoms with Crippen molar-refractivity contribution in [2.45, 2.75) is 56.3 Å². The minimum absolute atomic E-state index is 0.0161. The van der Waals surface area contributed by atoms with E-state index in [1.807, 2.05) is 74.5 Å². The summed E-state index contributed by atoms with van der Waals surface area (Å²) in [6.07, 6.45) is 2.37. The number of imidazole rings is 1. The van der Waals surface area contributed by atoms with E-state index in [2.05, 4.69) is 9.97 Å². The summed E-state index contributed by atoms with van der Waals surface area (Å²) in [5.74, 6) is 0.402. The first kappa shape index (κ1) is 33.1. The molecule has 1 amide bonds. The Balaban J connectivity index is 1.50. The van der Waals surface area contributed by atoms with Crippen molar-refractivity contribution in [3.63, 3.8) is 0 Å². The van der Waals surface area contributed by atoms with Crippen LogP contribution in [0.1, 0.15) is 30.7 Å². The highest BCUT2D eigenvalue weighted by Crippen LogP contribution is 2.35. The summed E-state index contributed by atoms with van der Waals surface area (Å²) in [4.78, 5) is 22.9. The molecule has 1 aromatic heterocycles. The second-order valence-corrected chi connectivity index (χ2v) is 13.8. The molecule has 11 nitrogen and oxygen atoms in total. The molecule has 0 saturated heterocycles. The van der Waals surface area contributed by atoms with Crippen molar-refractivity contribution in [3.8, 4) is 11.5 Å². The van der Waals surface area contributed by atoms with Crippen LogP contribution in [0.5, 0.6) is 11.5 Å². The average molecular weight is 648 g/mol. The average Bonchev–Trinajstić information content (AvgIpc) is 3.74. The summed E-state index contributed by atoms with van der Waals surface area (Å²) in [6.45, 7) is 3.91. The van der Waals surface area contributed by atoms with Gasteiger partial charge in [-0.05, 0) is 35.6 Å². The Morgan fingerprint density at radius 3 is 2.28 bits per heavy atom. The molecule has 46 heavy (non-hydrogen) atoms. The number of nitrogens with one attached hydrogen (secondary N) is 1. The number of aliphatic hydroxyl groups is 1. The third-order valence-corrected chi connectivity index (χ3v) is 9.69. The fourth-order valence-electron chi connectivity index (χ4n) is 5.58. The van der Waals surface area contributed by atoms with Gasteiger partial charge in [0.05, 0.1) is 29.4 Å². The predicted molar refractivity (Wildman–Crippen MR) is 173 cm³/mol. The molecular weight excluding hydrogens is 606 g/mol. The molecule has 12 heteroatoms. The van der Waals surface area contributed by atoms with Gasteiger partial charge in [-0.2, -0.15) is 4.31 Å². The molecule has 0 radical (unpaired) electrons. The molecule has 4 aromatic rings. The normalized spacial score (nSPS) is 14.7. The number of sulfonamides is 1. The number of hydrogen-bond donors (Lipinski definition) is 3. The number of ether oxygens (including phenoxy) is 2. The smallest absolute Gasteiger partial charge is 0.243 e. The lowest BCUT2D eigenvalue weighted by Crippen LogP contribution is -2.56. The maximum atomic E-state index is 14.2. The summed E-state index contributed by atoms with van der Waals surface area (Å²) in [6, 6.07) is 21.7. The molecule has 2 heterocycles. The van der Waals surface area contributed by atoms with Crippen LogP contribution in [-0.2, 0) is 34.2 Å². The van der Waals surface area contributed by atoms with E-state index in [1.165, 1.54) is 22.8 Å². The molecule has 0 aliphatic carbocycles. The molecule has 4 N–H and O–H groups in total. The van der Waals surface area contributed by atoms with Crippen molar-refractivity contribution in [2.24, 2.45) is 11.7 Å². The third-order valence-electron chi connectivity index (χ3n) is 7.86. The van der Waals surface area contributed by atoms with Gasteiger partial charge in [0, 0.05) is 44.0 Å². The van der Waals surface area contributed by atoms with E-state index in [-0.39, 0.29) is 56.0 Å². The third kappa shape index (κ3) is 8.13. The highest BCUT2D eigenvalue weighted by atomic mass is 32.2. The van der Waals surface area contributed by atoms with Gasteiger partial charge in [-0.3, -0.25) is 4.79 Å². The zero-order valence-corrected chi connectivity index (χ0v) is 26.8. The Morgan fingerprint density at radius 2 is 1.63 bits per heavy atom.